The van der Waals surface area contributed by atoms with Gasteiger partial charge in [-0.3, -0.25) is 0 Å². The van der Waals surface area contributed by atoms with Gasteiger partial charge in [-0.25, -0.2) is 0 Å². The van der Waals surface area contributed by atoms with Crippen LogP contribution in [0.4, 0.5) is 0 Å². The van der Waals surface area contributed by atoms with Crippen molar-refractivity contribution in [3.8, 4) is 0 Å². The minimum atomic E-state index is 0. The second-order valence-corrected chi connectivity index (χ2v) is 0. The number of hydrogen-bond acceptors (Lipinski definition) is 0. The molecule has 3 heteroatoms. The molecule has 0 bridgehead atoms. The average Bonchev–Trinajstić information content (AvgIpc) is 1.50. The van der Waals surface area contributed by atoms with E-state index in [0.29, 0.717) is 0 Å². The van der Waals surface area contributed by atoms with Crippen LogP contribution in [0.2, 0.25) is 0 Å². The SMILES string of the molecule is [Br-].[Br-].[CH2-]C.[CH2-]C.[Hf+4]. The fraction of sp³-hybridized carbons (Fsp3) is 0.500. The van der Waals surface area contributed by atoms with E-state index in [4.69, 9.17) is 0 Å². The minimum absolute atomic E-state index is 0. The molecule has 0 unspecified atom stereocenters. The van der Waals surface area contributed by atoms with E-state index in [1.807, 2.05) is 0 Å². The zero-order valence-electron chi connectivity index (χ0n) is 4.67. The largest absolute Gasteiger partial charge is 4.00 e. The van der Waals surface area contributed by atoms with Crippen molar-refractivity contribution in [3.63, 3.8) is 0 Å². The van der Waals surface area contributed by atoms with Gasteiger partial charge in [0.1, 0.15) is 0 Å². The molecular formula is C4H10Br2Hf. The van der Waals surface area contributed by atoms with Gasteiger partial charge in [-0.15, -0.1) is 0 Å². The normalized spacial score (nSPS) is 1.71. The molecule has 0 nitrogen and oxygen atoms in total. The Morgan fingerprint density at radius 3 is 0.714 bits per heavy atom. The Balaban J connectivity index is -0.00000000267. The van der Waals surface area contributed by atoms with E-state index in [0.717, 1.165) is 0 Å². The van der Waals surface area contributed by atoms with Crippen LogP contribution >= 0.6 is 0 Å². The molecule has 0 aliphatic heterocycles. The minimum Gasteiger partial charge on any atom is -1.00 e. The Morgan fingerprint density at radius 1 is 0.714 bits per heavy atom. The summed E-state index contributed by atoms with van der Waals surface area (Å²) in [7, 11) is 0. The molecule has 0 fully saturated rings. The predicted molar refractivity (Wildman–Crippen MR) is 22.1 cm³/mol. The molecule has 0 saturated carbocycles. The Bertz CT molecular complexity index is 9.65. The molecule has 0 amide bonds. The Labute approximate surface area is 86.8 Å². The maximum atomic E-state index is 3.25. The van der Waals surface area contributed by atoms with Gasteiger partial charge in [-0.1, -0.05) is 0 Å². The van der Waals surface area contributed by atoms with Gasteiger partial charge in [0.05, 0.1) is 0 Å². The number of rotatable bonds is 0. The first-order chi connectivity index (χ1) is 2.00. The summed E-state index contributed by atoms with van der Waals surface area (Å²) >= 11 is 0. The van der Waals surface area contributed by atoms with Gasteiger partial charge >= 0.3 is 25.8 Å². The van der Waals surface area contributed by atoms with E-state index >= 15 is 0 Å². The molecule has 0 aliphatic carbocycles. The maximum Gasteiger partial charge on any atom is 4.00 e. The van der Waals surface area contributed by atoms with Crippen molar-refractivity contribution in [2.45, 2.75) is 13.8 Å². The van der Waals surface area contributed by atoms with Crippen molar-refractivity contribution < 1.29 is 59.8 Å². The summed E-state index contributed by atoms with van der Waals surface area (Å²) in [5, 5.41) is 0. The van der Waals surface area contributed by atoms with Crippen molar-refractivity contribution >= 4 is 0 Å². The van der Waals surface area contributed by atoms with Crippen LogP contribution in [0.3, 0.4) is 0 Å². The van der Waals surface area contributed by atoms with E-state index in [2.05, 4.69) is 13.8 Å². The molecule has 7 heavy (non-hydrogen) atoms. The van der Waals surface area contributed by atoms with Gasteiger partial charge in [-0.2, -0.15) is 13.8 Å². The topological polar surface area (TPSA) is 0 Å². The molecule has 0 atom stereocenters. The van der Waals surface area contributed by atoms with E-state index < -0.39 is 0 Å². The fourth-order valence-corrected chi connectivity index (χ4v) is 0. The third kappa shape index (κ3) is 79.5. The van der Waals surface area contributed by atoms with Crippen LogP contribution in [0, 0.1) is 13.8 Å². The summed E-state index contributed by atoms with van der Waals surface area (Å²) in [5.74, 6) is 0. The van der Waals surface area contributed by atoms with Crippen LogP contribution in [-0.4, -0.2) is 0 Å². The van der Waals surface area contributed by atoms with Crippen LogP contribution in [0.1, 0.15) is 13.8 Å². The molecule has 0 heterocycles. The molecular weight excluding hydrogens is 386 g/mol. The average molecular weight is 396 g/mol. The summed E-state index contributed by atoms with van der Waals surface area (Å²) < 4.78 is 0. The molecule has 0 spiro atoms. The van der Waals surface area contributed by atoms with Gasteiger partial charge in [0.25, 0.3) is 0 Å². The molecule has 0 aromatic carbocycles. The van der Waals surface area contributed by atoms with Crippen molar-refractivity contribution in [1.29, 1.82) is 0 Å². The zero-order valence-corrected chi connectivity index (χ0v) is 11.4. The Morgan fingerprint density at radius 2 is 0.714 bits per heavy atom. The summed E-state index contributed by atoms with van der Waals surface area (Å²) in [6, 6.07) is 0. The maximum absolute atomic E-state index is 3.25. The van der Waals surface area contributed by atoms with Crippen LogP contribution in [0.5, 0.6) is 0 Å². The number of halogens is 2. The zero-order chi connectivity index (χ0) is 4.00. The van der Waals surface area contributed by atoms with Crippen molar-refractivity contribution in [3.05, 3.63) is 13.8 Å². The van der Waals surface area contributed by atoms with Crippen LogP contribution in [0.15, 0.2) is 0 Å². The third-order valence-electron chi connectivity index (χ3n) is 0. The summed E-state index contributed by atoms with van der Waals surface area (Å²) in [6.45, 7) is 10.0. The number of hydrogen-bond donors (Lipinski definition) is 0. The van der Waals surface area contributed by atoms with Crippen LogP contribution < -0.4 is 34.0 Å². The summed E-state index contributed by atoms with van der Waals surface area (Å²) in [4.78, 5) is 0. The van der Waals surface area contributed by atoms with Crippen molar-refractivity contribution in [1.82, 2.24) is 0 Å². The van der Waals surface area contributed by atoms with Gasteiger partial charge in [0.15, 0.2) is 0 Å². The predicted octanol–water partition coefficient (Wildman–Crippen LogP) is -4.31. The third-order valence-corrected chi connectivity index (χ3v) is 0. The smallest absolute Gasteiger partial charge is 1.00 e. The first-order valence-corrected chi connectivity index (χ1v) is 1.41. The molecule has 0 aromatic heterocycles. The van der Waals surface area contributed by atoms with Crippen molar-refractivity contribution in [2.24, 2.45) is 0 Å². The second kappa shape index (κ2) is 109. The molecule has 0 aromatic rings. The molecule has 0 radical (unpaired) electrons. The first-order valence-electron chi connectivity index (χ1n) is 1.41. The second-order valence-electron chi connectivity index (χ2n) is 0. The quantitative estimate of drug-likeness (QED) is 0.287. The van der Waals surface area contributed by atoms with E-state index in [1.54, 1.807) is 13.8 Å². The molecule has 44 valence electrons. The van der Waals surface area contributed by atoms with E-state index in [-0.39, 0.29) is 59.8 Å². The van der Waals surface area contributed by atoms with Gasteiger partial charge in [0, 0.05) is 0 Å². The Hall–Kier alpha value is 1.83. The molecule has 0 N–H and O–H groups in total. The van der Waals surface area contributed by atoms with E-state index in [9.17, 15) is 0 Å². The van der Waals surface area contributed by atoms with Crippen LogP contribution in [0.25, 0.3) is 0 Å². The van der Waals surface area contributed by atoms with Gasteiger partial charge in [0.2, 0.25) is 0 Å². The Kier molecular flexibility index (Phi) is 575. The summed E-state index contributed by atoms with van der Waals surface area (Å²) in [6.07, 6.45) is 0. The monoisotopic (exact) mass is 396 g/mol. The molecule has 0 aliphatic rings. The standard InChI is InChI=1S/2C2H5.2BrH.Hf/c2*1-2;;;/h2*1H2,2H3;2*1H;/q2*-1;;;+4/p-2. The van der Waals surface area contributed by atoms with Gasteiger partial charge < -0.3 is 47.8 Å². The summed E-state index contributed by atoms with van der Waals surface area (Å²) in [5.41, 5.74) is 0. The first kappa shape index (κ1) is 36.9. The molecule has 0 saturated heterocycles. The van der Waals surface area contributed by atoms with Crippen LogP contribution in [-0.2, 0) is 25.8 Å². The van der Waals surface area contributed by atoms with E-state index in [1.165, 1.54) is 0 Å². The fourth-order valence-electron chi connectivity index (χ4n) is 0. The van der Waals surface area contributed by atoms with Crippen molar-refractivity contribution in [2.75, 3.05) is 0 Å². The molecule has 0 rings (SSSR count). The van der Waals surface area contributed by atoms with Gasteiger partial charge in [-0.05, 0) is 0 Å².